The summed E-state index contributed by atoms with van der Waals surface area (Å²) < 4.78 is 57.5. The molecule has 0 N–H and O–H groups in total. The monoisotopic (exact) mass is 438 g/mol. The van der Waals surface area contributed by atoms with Gasteiger partial charge in [0.1, 0.15) is 0 Å². The Hall–Kier alpha value is -2.88. The van der Waals surface area contributed by atoms with E-state index in [-0.39, 0.29) is 17.0 Å². The van der Waals surface area contributed by atoms with Gasteiger partial charge in [-0.1, -0.05) is 54.6 Å². The van der Waals surface area contributed by atoms with Crippen molar-refractivity contribution in [3.05, 3.63) is 96.1 Å². The van der Waals surface area contributed by atoms with E-state index in [4.69, 9.17) is 0 Å². The van der Waals surface area contributed by atoms with E-state index in [1.54, 1.807) is 36.4 Å². The van der Waals surface area contributed by atoms with Crippen molar-refractivity contribution in [3.8, 4) is 22.3 Å². The second kappa shape index (κ2) is 9.72. The number of rotatable bonds is 6. The highest BCUT2D eigenvalue weighted by Crippen LogP contribution is 2.40. The van der Waals surface area contributed by atoms with E-state index in [2.05, 4.69) is 6.58 Å². The van der Waals surface area contributed by atoms with Crippen LogP contribution in [0.5, 0.6) is 0 Å². The van der Waals surface area contributed by atoms with Gasteiger partial charge in [-0.25, -0.2) is 17.6 Å². The van der Waals surface area contributed by atoms with Crippen molar-refractivity contribution in [2.45, 2.75) is 44.4 Å². The Kier molecular flexibility index (Phi) is 6.78. The maximum atomic E-state index is 15.0. The molecule has 0 aromatic heterocycles. The Morgan fingerprint density at radius 1 is 0.719 bits per heavy atom. The summed E-state index contributed by atoms with van der Waals surface area (Å²) in [5.41, 5.74) is 1.70. The maximum absolute atomic E-state index is 15.0. The molecule has 3 aromatic rings. The topological polar surface area (TPSA) is 0 Å². The van der Waals surface area contributed by atoms with Crippen LogP contribution in [0.25, 0.3) is 22.3 Å². The van der Waals surface area contributed by atoms with E-state index < -0.39 is 23.3 Å². The molecule has 1 fully saturated rings. The number of benzene rings is 3. The lowest BCUT2D eigenvalue weighted by Crippen LogP contribution is -2.15. The third-order valence-electron chi connectivity index (χ3n) is 6.64. The van der Waals surface area contributed by atoms with Gasteiger partial charge in [-0.15, -0.1) is 6.58 Å². The summed E-state index contributed by atoms with van der Waals surface area (Å²) in [5, 5.41) is 0. The van der Waals surface area contributed by atoms with Crippen LogP contribution in [0.2, 0.25) is 0 Å². The lowest BCUT2D eigenvalue weighted by Gasteiger charge is -2.29. The van der Waals surface area contributed by atoms with E-state index in [1.807, 2.05) is 6.08 Å². The second-order valence-electron chi connectivity index (χ2n) is 8.59. The van der Waals surface area contributed by atoms with Crippen molar-refractivity contribution in [3.63, 3.8) is 0 Å². The highest BCUT2D eigenvalue weighted by molar-refractivity contribution is 5.71. The number of hydrogen-bond acceptors (Lipinski definition) is 0. The van der Waals surface area contributed by atoms with Gasteiger partial charge in [-0.2, -0.15) is 0 Å². The van der Waals surface area contributed by atoms with E-state index in [9.17, 15) is 17.6 Å². The smallest absolute Gasteiger partial charge is 0.166 e. The minimum Gasteiger partial charge on any atom is -0.204 e. The maximum Gasteiger partial charge on any atom is 0.166 e. The third kappa shape index (κ3) is 4.50. The molecule has 1 aliphatic carbocycles. The molecule has 4 rings (SSSR count). The molecule has 4 heteroatoms. The molecule has 32 heavy (non-hydrogen) atoms. The van der Waals surface area contributed by atoms with Gasteiger partial charge in [0.2, 0.25) is 0 Å². The zero-order chi connectivity index (χ0) is 22.7. The molecule has 1 aliphatic rings. The first-order chi connectivity index (χ1) is 15.5. The van der Waals surface area contributed by atoms with E-state index in [1.165, 1.54) is 12.1 Å². The van der Waals surface area contributed by atoms with Crippen LogP contribution in [0.15, 0.2) is 67.3 Å². The van der Waals surface area contributed by atoms with Crippen LogP contribution in [0.1, 0.15) is 50.0 Å². The molecule has 1 saturated carbocycles. The Morgan fingerprint density at radius 3 is 1.97 bits per heavy atom. The largest absolute Gasteiger partial charge is 0.204 e. The van der Waals surface area contributed by atoms with Gasteiger partial charge in [0.25, 0.3) is 0 Å². The number of hydrogen-bond donors (Lipinski definition) is 0. The Balaban J connectivity index is 1.54. The summed E-state index contributed by atoms with van der Waals surface area (Å²) in [5.74, 6) is -2.82. The highest BCUT2D eigenvalue weighted by Gasteiger charge is 2.26. The molecule has 0 heterocycles. The molecule has 166 valence electrons. The lowest BCUT2D eigenvalue weighted by molar-refractivity contribution is 0.306. The molecule has 0 amide bonds. The number of allylic oxidation sites excluding steroid dienone is 1. The quantitative estimate of drug-likeness (QED) is 0.266. The molecule has 0 radical (unpaired) electrons. The van der Waals surface area contributed by atoms with Gasteiger partial charge in [0.05, 0.1) is 0 Å². The normalized spacial score (nSPS) is 18.5. The molecular weight excluding hydrogens is 412 g/mol. The van der Waals surface area contributed by atoms with Gasteiger partial charge >= 0.3 is 0 Å². The van der Waals surface area contributed by atoms with Gasteiger partial charge in [-0.3, -0.25) is 0 Å². The summed E-state index contributed by atoms with van der Waals surface area (Å²) in [4.78, 5) is 0. The van der Waals surface area contributed by atoms with Crippen molar-refractivity contribution >= 4 is 0 Å². The first-order valence-electron chi connectivity index (χ1n) is 11.1. The minimum absolute atomic E-state index is 0.0388. The molecule has 0 nitrogen and oxygen atoms in total. The van der Waals surface area contributed by atoms with Crippen LogP contribution in [-0.2, 0) is 0 Å². The summed E-state index contributed by atoms with van der Waals surface area (Å²) in [6.45, 7) is 3.77. The number of halogens is 4. The fraction of sp³-hybridized carbons (Fsp3) is 0.286. The zero-order valence-electron chi connectivity index (χ0n) is 17.9. The van der Waals surface area contributed by atoms with E-state index in [0.717, 1.165) is 44.6 Å². The molecule has 0 saturated heterocycles. The van der Waals surface area contributed by atoms with Crippen molar-refractivity contribution < 1.29 is 17.6 Å². The molecular formula is C28H26F4. The second-order valence-corrected chi connectivity index (χ2v) is 8.59. The minimum atomic E-state index is -0.930. The van der Waals surface area contributed by atoms with Crippen molar-refractivity contribution in [2.75, 3.05) is 0 Å². The molecule has 0 spiro atoms. The molecule has 0 unspecified atom stereocenters. The predicted octanol–water partition coefficient (Wildman–Crippen LogP) is 8.82. The third-order valence-corrected chi connectivity index (χ3v) is 6.64. The van der Waals surface area contributed by atoms with Crippen LogP contribution >= 0.6 is 0 Å². The van der Waals surface area contributed by atoms with E-state index >= 15 is 0 Å². The Labute approximate surface area is 186 Å². The van der Waals surface area contributed by atoms with Crippen LogP contribution in [0.3, 0.4) is 0 Å². The summed E-state index contributed by atoms with van der Waals surface area (Å²) in [6, 6.07) is 13.7. The van der Waals surface area contributed by atoms with Crippen molar-refractivity contribution in [1.82, 2.24) is 0 Å². The first kappa shape index (κ1) is 22.3. The molecule has 0 bridgehead atoms. The fourth-order valence-electron chi connectivity index (χ4n) is 4.77. The van der Waals surface area contributed by atoms with Gasteiger partial charge in [0.15, 0.2) is 23.3 Å². The van der Waals surface area contributed by atoms with Crippen LogP contribution in [0.4, 0.5) is 17.6 Å². The summed E-state index contributed by atoms with van der Waals surface area (Å²) >= 11 is 0. The van der Waals surface area contributed by atoms with Crippen LogP contribution in [0, 0.1) is 29.2 Å². The SMILES string of the molecule is C=CCCC1CCC(c2ccc(-c3ccc(-c4cccc(F)c4F)cc3)c(F)c2F)CC1. The molecule has 0 atom stereocenters. The van der Waals surface area contributed by atoms with E-state index in [0.29, 0.717) is 22.6 Å². The van der Waals surface area contributed by atoms with Gasteiger partial charge < -0.3 is 0 Å². The standard InChI is InChI=1S/C28H26F4/c1-2-3-5-18-8-10-19(11-9-18)23-16-17-24(28(32)27(23)31)21-14-12-20(13-15-21)22-6-4-7-25(29)26(22)30/h2,4,6-7,12-19H,1,3,5,8-11H2. The average molecular weight is 439 g/mol. The summed E-state index contributed by atoms with van der Waals surface area (Å²) in [6.07, 6.45) is 7.83. The summed E-state index contributed by atoms with van der Waals surface area (Å²) in [7, 11) is 0. The first-order valence-corrected chi connectivity index (χ1v) is 11.1. The van der Waals surface area contributed by atoms with Crippen molar-refractivity contribution in [2.24, 2.45) is 5.92 Å². The Bertz CT molecular complexity index is 1090. The van der Waals surface area contributed by atoms with Gasteiger partial charge in [-0.05, 0) is 73.1 Å². The zero-order valence-corrected chi connectivity index (χ0v) is 17.9. The van der Waals surface area contributed by atoms with Gasteiger partial charge in [0, 0.05) is 11.1 Å². The van der Waals surface area contributed by atoms with Crippen molar-refractivity contribution in [1.29, 1.82) is 0 Å². The lowest BCUT2D eigenvalue weighted by atomic mass is 9.77. The fourth-order valence-corrected chi connectivity index (χ4v) is 4.77. The Morgan fingerprint density at radius 2 is 1.34 bits per heavy atom. The van der Waals surface area contributed by atoms with Crippen LogP contribution < -0.4 is 0 Å². The highest BCUT2D eigenvalue weighted by atomic mass is 19.2. The molecule has 0 aliphatic heterocycles. The molecule has 3 aromatic carbocycles. The van der Waals surface area contributed by atoms with Crippen LogP contribution in [-0.4, -0.2) is 0 Å². The predicted molar refractivity (Wildman–Crippen MR) is 121 cm³/mol. The average Bonchev–Trinajstić information content (AvgIpc) is 2.82.